The fourth-order valence-electron chi connectivity index (χ4n) is 1.98. The number of nitrogens with zero attached hydrogens (tertiary/aromatic N) is 3. The molecule has 0 saturated carbocycles. The van der Waals surface area contributed by atoms with Gasteiger partial charge in [-0.25, -0.2) is 9.67 Å². The summed E-state index contributed by atoms with van der Waals surface area (Å²) in [5.41, 5.74) is 2.16. The second kappa shape index (κ2) is 6.09. The van der Waals surface area contributed by atoms with E-state index in [1.54, 1.807) is 24.2 Å². The van der Waals surface area contributed by atoms with Crippen molar-refractivity contribution in [2.24, 2.45) is 0 Å². The van der Waals surface area contributed by atoms with Crippen molar-refractivity contribution in [1.82, 2.24) is 14.8 Å². The van der Waals surface area contributed by atoms with Crippen LogP contribution in [0.25, 0.3) is 5.82 Å². The van der Waals surface area contributed by atoms with E-state index in [0.717, 1.165) is 23.8 Å². The second-order valence-electron chi connectivity index (χ2n) is 4.56. The molecule has 5 heteroatoms. The third kappa shape index (κ3) is 3.20. The number of ether oxygens (including phenoxy) is 1. The van der Waals surface area contributed by atoms with Crippen LogP contribution in [0.15, 0.2) is 61.1 Å². The van der Waals surface area contributed by atoms with Crippen LogP contribution < -0.4 is 10.1 Å². The molecular formula is C16H16N4O. The molecule has 0 atom stereocenters. The van der Waals surface area contributed by atoms with Gasteiger partial charge in [0, 0.05) is 18.9 Å². The predicted molar refractivity (Wildman–Crippen MR) is 81.7 cm³/mol. The van der Waals surface area contributed by atoms with E-state index in [0.29, 0.717) is 0 Å². The normalized spacial score (nSPS) is 10.3. The van der Waals surface area contributed by atoms with Gasteiger partial charge in [0.15, 0.2) is 5.82 Å². The molecule has 3 rings (SSSR count). The van der Waals surface area contributed by atoms with Gasteiger partial charge < -0.3 is 10.1 Å². The number of anilines is 1. The van der Waals surface area contributed by atoms with Crippen molar-refractivity contribution < 1.29 is 4.74 Å². The van der Waals surface area contributed by atoms with Gasteiger partial charge in [-0.3, -0.25) is 0 Å². The summed E-state index contributed by atoms with van der Waals surface area (Å²) in [5.74, 6) is 1.67. The Kier molecular flexibility index (Phi) is 3.82. The largest absolute Gasteiger partial charge is 0.497 e. The quantitative estimate of drug-likeness (QED) is 0.780. The van der Waals surface area contributed by atoms with Crippen LogP contribution in [0.1, 0.15) is 5.56 Å². The van der Waals surface area contributed by atoms with E-state index >= 15 is 0 Å². The van der Waals surface area contributed by atoms with Crippen LogP contribution in [-0.4, -0.2) is 21.9 Å². The molecule has 0 aliphatic heterocycles. The Labute approximate surface area is 123 Å². The Morgan fingerprint density at radius 1 is 1.14 bits per heavy atom. The highest BCUT2D eigenvalue weighted by molar-refractivity contribution is 5.44. The monoisotopic (exact) mass is 280 g/mol. The van der Waals surface area contributed by atoms with E-state index in [2.05, 4.69) is 15.4 Å². The predicted octanol–water partition coefficient (Wildman–Crippen LogP) is 2.89. The standard InChI is InChI=1S/C16H16N4O/c1-21-15-6-3-13(4-7-15)11-17-14-5-8-16(18-12-14)20-10-2-9-19-20/h2-10,12,17H,11H2,1H3. The van der Waals surface area contributed by atoms with Gasteiger partial charge in [-0.15, -0.1) is 0 Å². The van der Waals surface area contributed by atoms with Crippen LogP contribution in [0.3, 0.4) is 0 Å². The van der Waals surface area contributed by atoms with Crippen molar-refractivity contribution >= 4 is 5.69 Å². The average Bonchev–Trinajstić information content (AvgIpc) is 3.08. The number of aromatic nitrogens is 3. The summed E-state index contributed by atoms with van der Waals surface area (Å²) in [6.45, 7) is 0.743. The molecule has 21 heavy (non-hydrogen) atoms. The van der Waals surface area contributed by atoms with Crippen LogP contribution >= 0.6 is 0 Å². The first-order valence-corrected chi connectivity index (χ1v) is 6.68. The zero-order chi connectivity index (χ0) is 14.5. The number of nitrogens with one attached hydrogen (secondary N) is 1. The van der Waals surface area contributed by atoms with E-state index in [4.69, 9.17) is 4.74 Å². The zero-order valence-electron chi connectivity index (χ0n) is 11.7. The molecule has 0 unspecified atom stereocenters. The highest BCUT2D eigenvalue weighted by Gasteiger charge is 1.99. The molecule has 0 fully saturated rings. The first kappa shape index (κ1) is 13.2. The van der Waals surface area contributed by atoms with Crippen LogP contribution in [0, 0.1) is 0 Å². The van der Waals surface area contributed by atoms with E-state index < -0.39 is 0 Å². The lowest BCUT2D eigenvalue weighted by Crippen LogP contribution is -2.02. The van der Waals surface area contributed by atoms with Crippen molar-refractivity contribution in [1.29, 1.82) is 0 Å². The highest BCUT2D eigenvalue weighted by Crippen LogP contribution is 2.14. The van der Waals surface area contributed by atoms with Crippen LogP contribution in [0.5, 0.6) is 5.75 Å². The Balaban J connectivity index is 1.62. The van der Waals surface area contributed by atoms with Gasteiger partial charge >= 0.3 is 0 Å². The van der Waals surface area contributed by atoms with Gasteiger partial charge in [0.2, 0.25) is 0 Å². The number of pyridine rings is 1. The lowest BCUT2D eigenvalue weighted by atomic mass is 10.2. The smallest absolute Gasteiger partial charge is 0.153 e. The van der Waals surface area contributed by atoms with Crippen LogP contribution in [0.2, 0.25) is 0 Å². The fraction of sp³-hybridized carbons (Fsp3) is 0.125. The first-order valence-electron chi connectivity index (χ1n) is 6.68. The number of methoxy groups -OCH3 is 1. The summed E-state index contributed by atoms with van der Waals surface area (Å²) in [6.07, 6.45) is 5.41. The van der Waals surface area contributed by atoms with Crippen molar-refractivity contribution in [2.75, 3.05) is 12.4 Å². The number of hydrogen-bond donors (Lipinski definition) is 1. The minimum atomic E-state index is 0.743. The van der Waals surface area contributed by atoms with E-state index in [1.165, 1.54) is 5.56 Å². The number of benzene rings is 1. The van der Waals surface area contributed by atoms with Crippen molar-refractivity contribution in [3.05, 3.63) is 66.6 Å². The van der Waals surface area contributed by atoms with E-state index in [1.807, 2.05) is 48.7 Å². The second-order valence-corrected chi connectivity index (χ2v) is 4.56. The highest BCUT2D eigenvalue weighted by atomic mass is 16.5. The molecule has 0 radical (unpaired) electrons. The Morgan fingerprint density at radius 2 is 2.00 bits per heavy atom. The lowest BCUT2D eigenvalue weighted by molar-refractivity contribution is 0.414. The van der Waals surface area contributed by atoms with Gasteiger partial charge in [-0.1, -0.05) is 12.1 Å². The van der Waals surface area contributed by atoms with Crippen molar-refractivity contribution in [2.45, 2.75) is 6.54 Å². The topological polar surface area (TPSA) is 52.0 Å². The summed E-state index contributed by atoms with van der Waals surface area (Å²) < 4.78 is 6.87. The average molecular weight is 280 g/mol. The summed E-state index contributed by atoms with van der Waals surface area (Å²) in [7, 11) is 1.67. The number of hydrogen-bond acceptors (Lipinski definition) is 4. The molecule has 0 aliphatic carbocycles. The molecule has 1 N–H and O–H groups in total. The number of rotatable bonds is 5. The van der Waals surface area contributed by atoms with E-state index in [9.17, 15) is 0 Å². The zero-order valence-corrected chi connectivity index (χ0v) is 11.7. The summed E-state index contributed by atoms with van der Waals surface area (Å²) in [5, 5.41) is 7.49. The van der Waals surface area contributed by atoms with Gasteiger partial charge in [0.1, 0.15) is 5.75 Å². The van der Waals surface area contributed by atoms with Gasteiger partial charge in [0.05, 0.1) is 19.0 Å². The molecule has 3 aromatic rings. The molecule has 5 nitrogen and oxygen atoms in total. The summed E-state index contributed by atoms with van der Waals surface area (Å²) in [6, 6.07) is 13.8. The molecule has 2 aromatic heterocycles. The summed E-state index contributed by atoms with van der Waals surface area (Å²) in [4.78, 5) is 4.38. The van der Waals surface area contributed by atoms with Gasteiger partial charge in [0.25, 0.3) is 0 Å². The third-order valence-electron chi connectivity index (χ3n) is 3.14. The molecule has 0 amide bonds. The van der Waals surface area contributed by atoms with Crippen molar-refractivity contribution in [3.63, 3.8) is 0 Å². The fourth-order valence-corrected chi connectivity index (χ4v) is 1.98. The lowest BCUT2D eigenvalue weighted by Gasteiger charge is -2.08. The van der Waals surface area contributed by atoms with Crippen LogP contribution in [-0.2, 0) is 6.54 Å². The molecule has 0 saturated heterocycles. The molecule has 106 valence electrons. The van der Waals surface area contributed by atoms with Crippen LogP contribution in [0.4, 0.5) is 5.69 Å². The minimum Gasteiger partial charge on any atom is -0.497 e. The van der Waals surface area contributed by atoms with Gasteiger partial charge in [-0.05, 0) is 35.9 Å². The maximum Gasteiger partial charge on any atom is 0.153 e. The Bertz CT molecular complexity index is 675. The van der Waals surface area contributed by atoms with Crippen molar-refractivity contribution in [3.8, 4) is 11.6 Å². The molecule has 1 aromatic carbocycles. The maximum absolute atomic E-state index is 5.14. The minimum absolute atomic E-state index is 0.743. The van der Waals surface area contributed by atoms with Gasteiger partial charge in [-0.2, -0.15) is 5.10 Å². The molecule has 0 aliphatic rings. The molecule has 0 spiro atoms. The third-order valence-corrected chi connectivity index (χ3v) is 3.14. The summed E-state index contributed by atoms with van der Waals surface area (Å²) >= 11 is 0. The maximum atomic E-state index is 5.14. The molecule has 0 bridgehead atoms. The molecular weight excluding hydrogens is 264 g/mol. The molecule has 2 heterocycles. The first-order chi connectivity index (χ1) is 10.3. The Morgan fingerprint density at radius 3 is 2.62 bits per heavy atom. The SMILES string of the molecule is COc1ccc(CNc2ccc(-n3cccn3)nc2)cc1. The Hall–Kier alpha value is -2.82. The van der Waals surface area contributed by atoms with E-state index in [-0.39, 0.29) is 0 Å².